The average Bonchev–Trinajstić information content (AvgIpc) is 3.63. The normalized spacial score (nSPS) is 15.7. The number of benzene rings is 1. The molecule has 5 rings (SSSR count). The van der Waals surface area contributed by atoms with Gasteiger partial charge in [0.1, 0.15) is 22.5 Å². The maximum absolute atomic E-state index is 13.4. The first-order chi connectivity index (χ1) is 19.7. The van der Waals surface area contributed by atoms with Crippen LogP contribution in [0.15, 0.2) is 52.0 Å². The SMILES string of the molecule is Cc1cccc(C)c1-c1cc(OC2CCN(C(=O)c3cc(C(C)(C)C)oc3C)C2)nc(NS(=O)(=O)c2cnn(C)c2)n1. The van der Waals surface area contributed by atoms with E-state index in [0.29, 0.717) is 36.5 Å². The summed E-state index contributed by atoms with van der Waals surface area (Å²) >= 11 is 0. The number of sulfonamides is 1. The topological polar surface area (TPSA) is 132 Å². The fraction of sp³-hybridized carbons (Fsp3) is 0.400. The third-order valence-corrected chi connectivity index (χ3v) is 8.55. The molecule has 1 amide bonds. The van der Waals surface area contributed by atoms with E-state index in [1.54, 1.807) is 24.9 Å². The fourth-order valence-electron chi connectivity index (χ4n) is 5.01. The summed E-state index contributed by atoms with van der Waals surface area (Å²) in [5.41, 5.74) is 3.67. The molecule has 1 aliphatic heterocycles. The molecule has 4 aromatic rings. The highest BCUT2D eigenvalue weighted by molar-refractivity contribution is 7.92. The van der Waals surface area contributed by atoms with Crippen LogP contribution in [0.3, 0.4) is 0 Å². The Kier molecular flexibility index (Phi) is 7.61. The summed E-state index contributed by atoms with van der Waals surface area (Å²) in [4.78, 5) is 24.1. The highest BCUT2D eigenvalue weighted by Crippen LogP contribution is 2.31. The van der Waals surface area contributed by atoms with Crippen molar-refractivity contribution in [1.82, 2.24) is 24.6 Å². The first-order valence-corrected chi connectivity index (χ1v) is 15.2. The van der Waals surface area contributed by atoms with E-state index in [2.05, 4.69) is 19.8 Å². The van der Waals surface area contributed by atoms with Gasteiger partial charge in [0.2, 0.25) is 11.8 Å². The largest absolute Gasteiger partial charge is 0.472 e. The Hall–Kier alpha value is -4.19. The van der Waals surface area contributed by atoms with Gasteiger partial charge in [-0.25, -0.2) is 18.1 Å². The molecule has 1 aliphatic rings. The van der Waals surface area contributed by atoms with Crippen LogP contribution in [-0.2, 0) is 22.5 Å². The minimum atomic E-state index is -3.99. The van der Waals surface area contributed by atoms with Gasteiger partial charge in [0, 0.05) is 43.3 Å². The van der Waals surface area contributed by atoms with Crippen LogP contribution in [0.25, 0.3) is 11.3 Å². The number of carbonyl (C=O) groups excluding carboxylic acids is 1. The van der Waals surface area contributed by atoms with Crippen LogP contribution in [0.5, 0.6) is 5.88 Å². The van der Waals surface area contributed by atoms with Crippen molar-refractivity contribution in [2.45, 2.75) is 64.4 Å². The quantitative estimate of drug-likeness (QED) is 0.324. The van der Waals surface area contributed by atoms with Crippen molar-refractivity contribution in [1.29, 1.82) is 0 Å². The highest BCUT2D eigenvalue weighted by atomic mass is 32.2. The van der Waals surface area contributed by atoms with Crippen LogP contribution in [-0.4, -0.2) is 58.2 Å². The molecule has 42 heavy (non-hydrogen) atoms. The van der Waals surface area contributed by atoms with Crippen molar-refractivity contribution in [2.24, 2.45) is 7.05 Å². The number of furan rings is 1. The Balaban J connectivity index is 1.41. The van der Waals surface area contributed by atoms with Gasteiger partial charge in [0.05, 0.1) is 24.0 Å². The number of hydrogen-bond acceptors (Lipinski definition) is 8. The number of rotatable bonds is 7. The van der Waals surface area contributed by atoms with Crippen molar-refractivity contribution in [2.75, 3.05) is 17.8 Å². The van der Waals surface area contributed by atoms with Gasteiger partial charge in [-0.2, -0.15) is 10.1 Å². The Labute approximate surface area is 246 Å². The number of carbonyl (C=O) groups is 1. The summed E-state index contributed by atoms with van der Waals surface area (Å²) in [6.07, 6.45) is 2.90. The molecule has 12 heteroatoms. The summed E-state index contributed by atoms with van der Waals surface area (Å²) in [7, 11) is -2.36. The van der Waals surface area contributed by atoms with Crippen molar-refractivity contribution < 1.29 is 22.4 Å². The molecule has 4 heterocycles. The van der Waals surface area contributed by atoms with Gasteiger partial charge in [-0.05, 0) is 38.0 Å². The molecule has 0 saturated carbocycles. The number of hydrogen-bond donors (Lipinski definition) is 1. The van der Waals surface area contributed by atoms with Crippen molar-refractivity contribution >= 4 is 21.9 Å². The molecule has 11 nitrogen and oxygen atoms in total. The minimum absolute atomic E-state index is 0.0114. The molecule has 222 valence electrons. The average molecular weight is 593 g/mol. The maximum Gasteiger partial charge on any atom is 0.267 e. The molecule has 1 saturated heterocycles. The Morgan fingerprint density at radius 2 is 1.83 bits per heavy atom. The zero-order chi connectivity index (χ0) is 30.4. The van der Waals surface area contributed by atoms with Crippen molar-refractivity contribution in [3.63, 3.8) is 0 Å². The van der Waals surface area contributed by atoms with Crippen LogP contribution >= 0.6 is 0 Å². The van der Waals surface area contributed by atoms with Crippen LogP contribution in [0, 0.1) is 20.8 Å². The Morgan fingerprint density at radius 1 is 1.12 bits per heavy atom. The molecule has 1 atom stereocenters. The van der Waals surface area contributed by atoms with E-state index in [1.807, 2.05) is 58.9 Å². The van der Waals surface area contributed by atoms with Gasteiger partial charge >= 0.3 is 0 Å². The standard InChI is InChI=1S/C30H36N6O5S/c1-18-9-8-10-19(2)27(18)24-14-26(33-29(32-24)34-42(38,39)22-15-31-35(7)17-22)41-21-11-12-36(16-21)28(37)23-13-25(30(4,5)6)40-20(23)3/h8-10,13-15,17,21H,11-12,16H2,1-7H3,(H,32,33,34). The molecule has 0 radical (unpaired) electrons. The molecular formula is C30H36N6O5S. The van der Waals surface area contributed by atoms with Crippen molar-refractivity contribution in [3.05, 3.63) is 70.9 Å². The van der Waals surface area contributed by atoms with Gasteiger partial charge in [-0.1, -0.05) is 39.0 Å². The molecular weight excluding hydrogens is 556 g/mol. The molecule has 1 fully saturated rings. The van der Waals surface area contributed by atoms with E-state index < -0.39 is 10.0 Å². The van der Waals surface area contributed by atoms with Gasteiger partial charge in [-0.3, -0.25) is 9.48 Å². The summed E-state index contributed by atoms with van der Waals surface area (Å²) in [6, 6.07) is 9.42. The molecule has 1 N–H and O–H groups in total. The lowest BCUT2D eigenvalue weighted by molar-refractivity contribution is 0.0769. The lowest BCUT2D eigenvalue weighted by Gasteiger charge is -2.18. The van der Waals surface area contributed by atoms with E-state index >= 15 is 0 Å². The molecule has 0 spiro atoms. The number of aromatic nitrogens is 4. The third-order valence-electron chi connectivity index (χ3n) is 7.26. The monoisotopic (exact) mass is 592 g/mol. The highest BCUT2D eigenvalue weighted by Gasteiger charge is 2.32. The first kappa shape index (κ1) is 29.3. The lowest BCUT2D eigenvalue weighted by atomic mass is 9.93. The molecule has 0 bridgehead atoms. The predicted octanol–water partition coefficient (Wildman–Crippen LogP) is 4.79. The number of ether oxygens (including phenoxy) is 1. The molecule has 3 aromatic heterocycles. The number of nitrogens with one attached hydrogen (secondary N) is 1. The van der Waals surface area contributed by atoms with E-state index in [0.717, 1.165) is 22.5 Å². The number of amides is 1. The van der Waals surface area contributed by atoms with Crippen LogP contribution in [0.1, 0.15) is 60.2 Å². The van der Waals surface area contributed by atoms with Crippen LogP contribution in [0.2, 0.25) is 0 Å². The number of nitrogens with zero attached hydrogens (tertiary/aromatic N) is 5. The first-order valence-electron chi connectivity index (χ1n) is 13.8. The van der Waals surface area contributed by atoms with E-state index in [-0.39, 0.29) is 34.1 Å². The zero-order valence-electron chi connectivity index (χ0n) is 24.9. The van der Waals surface area contributed by atoms with Gasteiger partial charge in [0.25, 0.3) is 15.9 Å². The Morgan fingerprint density at radius 3 is 2.45 bits per heavy atom. The van der Waals surface area contributed by atoms with E-state index in [4.69, 9.17) is 9.15 Å². The summed E-state index contributed by atoms with van der Waals surface area (Å²) in [5.74, 6) is 1.33. The fourth-order valence-corrected chi connectivity index (χ4v) is 5.93. The number of likely N-dealkylation sites (tertiary alicyclic amines) is 1. The van der Waals surface area contributed by atoms with Gasteiger partial charge in [-0.15, -0.1) is 0 Å². The molecule has 1 unspecified atom stereocenters. The molecule has 1 aromatic carbocycles. The van der Waals surface area contributed by atoms with Gasteiger partial charge < -0.3 is 14.1 Å². The third kappa shape index (κ3) is 6.03. The maximum atomic E-state index is 13.4. The van der Waals surface area contributed by atoms with Gasteiger partial charge in [0.15, 0.2) is 0 Å². The lowest BCUT2D eigenvalue weighted by Crippen LogP contribution is -2.31. The van der Waals surface area contributed by atoms with E-state index in [9.17, 15) is 13.2 Å². The number of anilines is 1. The van der Waals surface area contributed by atoms with E-state index in [1.165, 1.54) is 17.1 Å². The number of aryl methyl sites for hydroxylation is 4. The van der Waals surface area contributed by atoms with Crippen molar-refractivity contribution in [3.8, 4) is 17.1 Å². The smallest absolute Gasteiger partial charge is 0.267 e. The Bertz CT molecular complexity index is 1730. The summed E-state index contributed by atoms with van der Waals surface area (Å²) < 4.78 is 42.1. The van der Waals surface area contributed by atoms with Crippen LogP contribution < -0.4 is 9.46 Å². The minimum Gasteiger partial charge on any atom is -0.472 e. The summed E-state index contributed by atoms with van der Waals surface area (Å²) in [6.45, 7) is 12.7. The predicted molar refractivity (Wildman–Crippen MR) is 158 cm³/mol. The second kappa shape index (κ2) is 10.9. The zero-order valence-corrected chi connectivity index (χ0v) is 25.7. The summed E-state index contributed by atoms with van der Waals surface area (Å²) in [5, 5.41) is 3.95. The second-order valence-electron chi connectivity index (χ2n) is 11.7. The van der Waals surface area contributed by atoms with Crippen LogP contribution in [0.4, 0.5) is 5.95 Å². The second-order valence-corrected chi connectivity index (χ2v) is 13.4. The molecule has 0 aliphatic carbocycles.